The number of hydrogen-bond acceptors (Lipinski definition) is 6. The lowest BCUT2D eigenvalue weighted by Crippen LogP contribution is -2.50. The van der Waals surface area contributed by atoms with Gasteiger partial charge in [-0.1, -0.05) is 12.1 Å². The number of ether oxygens (including phenoxy) is 2. The third-order valence-electron chi connectivity index (χ3n) is 4.86. The van der Waals surface area contributed by atoms with Gasteiger partial charge in [0.2, 0.25) is 0 Å². The Hall–Kier alpha value is -3.27. The zero-order valence-corrected chi connectivity index (χ0v) is 18.2. The van der Waals surface area contributed by atoms with Crippen molar-refractivity contribution in [2.45, 2.75) is 11.8 Å². The molecule has 3 rings (SSSR count). The predicted octanol–water partition coefficient (Wildman–Crippen LogP) is 2.41. The molecule has 10 heteroatoms. The topological polar surface area (TPSA) is 105 Å². The third kappa shape index (κ3) is 5.26. The van der Waals surface area contributed by atoms with Gasteiger partial charge in [0.25, 0.3) is 15.9 Å². The van der Waals surface area contributed by atoms with E-state index in [9.17, 15) is 18.0 Å². The molecule has 9 nitrogen and oxygen atoms in total. The van der Waals surface area contributed by atoms with Crippen molar-refractivity contribution < 1.29 is 27.5 Å². The van der Waals surface area contributed by atoms with Gasteiger partial charge in [-0.25, -0.2) is 13.2 Å². The van der Waals surface area contributed by atoms with E-state index in [-0.39, 0.29) is 16.9 Å². The standard InChI is InChI=1S/C21H25N3O6S/c1-3-30-21(26)24-14-12-23(13-15-24)20(25)16-8-10-17(11-9-16)31(27,28)22-18-6-4-5-7-19(18)29-2/h4-11,22H,3,12-15H2,1-2H3. The molecule has 1 N–H and O–H groups in total. The maximum atomic E-state index is 12.7. The van der Waals surface area contributed by atoms with E-state index in [0.717, 1.165) is 0 Å². The fourth-order valence-electron chi connectivity index (χ4n) is 3.20. The number of benzene rings is 2. The van der Waals surface area contributed by atoms with Crippen LogP contribution in [0.2, 0.25) is 0 Å². The fraction of sp³-hybridized carbons (Fsp3) is 0.333. The summed E-state index contributed by atoms with van der Waals surface area (Å²) in [5.74, 6) is 0.185. The van der Waals surface area contributed by atoms with Gasteiger partial charge < -0.3 is 19.3 Å². The molecule has 1 aliphatic heterocycles. The number of methoxy groups -OCH3 is 1. The minimum atomic E-state index is -3.85. The summed E-state index contributed by atoms with van der Waals surface area (Å²) in [4.78, 5) is 27.7. The summed E-state index contributed by atoms with van der Waals surface area (Å²) in [7, 11) is -2.39. The molecule has 0 atom stereocenters. The first-order valence-corrected chi connectivity index (χ1v) is 11.3. The van der Waals surface area contributed by atoms with Gasteiger partial charge in [-0.2, -0.15) is 0 Å². The maximum Gasteiger partial charge on any atom is 0.409 e. The van der Waals surface area contributed by atoms with Crippen molar-refractivity contribution in [3.8, 4) is 5.75 Å². The maximum absolute atomic E-state index is 12.7. The number of anilines is 1. The summed E-state index contributed by atoms with van der Waals surface area (Å²) < 4.78 is 38.0. The zero-order valence-electron chi connectivity index (χ0n) is 17.4. The lowest BCUT2D eigenvalue weighted by atomic mass is 10.2. The molecule has 2 aromatic carbocycles. The Morgan fingerprint density at radius 3 is 2.19 bits per heavy atom. The monoisotopic (exact) mass is 447 g/mol. The normalized spacial score (nSPS) is 14.1. The summed E-state index contributed by atoms with van der Waals surface area (Å²) in [6.45, 7) is 3.59. The summed E-state index contributed by atoms with van der Waals surface area (Å²) >= 11 is 0. The number of carbonyl (C=O) groups excluding carboxylic acids is 2. The molecule has 0 aromatic heterocycles. The van der Waals surface area contributed by atoms with Crippen LogP contribution in [-0.4, -0.2) is 70.1 Å². The summed E-state index contributed by atoms with van der Waals surface area (Å²) in [5, 5.41) is 0. The van der Waals surface area contributed by atoms with Crippen molar-refractivity contribution in [2.24, 2.45) is 0 Å². The molecule has 0 unspecified atom stereocenters. The van der Waals surface area contributed by atoms with Gasteiger partial charge >= 0.3 is 6.09 Å². The fourth-order valence-corrected chi connectivity index (χ4v) is 4.27. The minimum absolute atomic E-state index is 0.0297. The lowest BCUT2D eigenvalue weighted by Gasteiger charge is -2.34. The van der Waals surface area contributed by atoms with Crippen molar-refractivity contribution in [1.29, 1.82) is 0 Å². The molecule has 1 heterocycles. The summed E-state index contributed by atoms with van der Waals surface area (Å²) in [5.41, 5.74) is 0.699. The molecule has 0 spiro atoms. The average Bonchev–Trinajstić information content (AvgIpc) is 2.79. The van der Waals surface area contributed by atoms with Gasteiger partial charge in [-0.3, -0.25) is 9.52 Å². The number of para-hydroxylation sites is 2. The first kappa shape index (κ1) is 22.4. The molecular weight excluding hydrogens is 422 g/mol. The second-order valence-corrected chi connectivity index (χ2v) is 8.49. The zero-order chi connectivity index (χ0) is 22.4. The Kier molecular flexibility index (Phi) is 7.01. The smallest absolute Gasteiger partial charge is 0.409 e. The lowest BCUT2D eigenvalue weighted by molar-refractivity contribution is 0.0570. The van der Waals surface area contributed by atoms with Crippen molar-refractivity contribution in [3.63, 3.8) is 0 Å². The number of rotatable bonds is 6. The Morgan fingerprint density at radius 1 is 0.968 bits per heavy atom. The quantitative estimate of drug-likeness (QED) is 0.729. The van der Waals surface area contributed by atoms with Crippen LogP contribution in [0.1, 0.15) is 17.3 Å². The Morgan fingerprint density at radius 2 is 1.58 bits per heavy atom. The van der Waals surface area contributed by atoms with E-state index >= 15 is 0 Å². The van der Waals surface area contributed by atoms with Crippen LogP contribution >= 0.6 is 0 Å². The molecular formula is C21H25N3O6S. The SMILES string of the molecule is CCOC(=O)N1CCN(C(=O)c2ccc(S(=O)(=O)Nc3ccccc3OC)cc2)CC1. The largest absolute Gasteiger partial charge is 0.495 e. The molecule has 1 aliphatic rings. The van der Waals surface area contributed by atoms with Crippen LogP contribution in [0, 0.1) is 0 Å². The van der Waals surface area contributed by atoms with E-state index in [2.05, 4.69) is 4.72 Å². The molecule has 166 valence electrons. The van der Waals surface area contributed by atoms with E-state index in [4.69, 9.17) is 9.47 Å². The first-order chi connectivity index (χ1) is 14.9. The molecule has 0 bridgehead atoms. The molecule has 1 fully saturated rings. The second-order valence-electron chi connectivity index (χ2n) is 6.81. The number of amides is 2. The highest BCUT2D eigenvalue weighted by Gasteiger charge is 2.26. The third-order valence-corrected chi connectivity index (χ3v) is 6.24. The van der Waals surface area contributed by atoms with Crippen LogP contribution in [0.15, 0.2) is 53.4 Å². The number of piperazine rings is 1. The average molecular weight is 448 g/mol. The number of hydrogen-bond donors (Lipinski definition) is 1. The van der Waals surface area contributed by atoms with Crippen LogP contribution in [0.25, 0.3) is 0 Å². The number of carbonyl (C=O) groups is 2. The van der Waals surface area contributed by atoms with Crippen molar-refractivity contribution >= 4 is 27.7 Å². The van der Waals surface area contributed by atoms with Gasteiger partial charge in [0.05, 0.1) is 24.3 Å². The molecule has 31 heavy (non-hydrogen) atoms. The summed E-state index contributed by atoms with van der Waals surface area (Å²) in [6.07, 6.45) is -0.383. The highest BCUT2D eigenvalue weighted by Crippen LogP contribution is 2.26. The highest BCUT2D eigenvalue weighted by molar-refractivity contribution is 7.92. The minimum Gasteiger partial charge on any atom is -0.495 e. The van der Waals surface area contributed by atoms with E-state index in [1.165, 1.54) is 31.4 Å². The van der Waals surface area contributed by atoms with Gasteiger partial charge in [0.1, 0.15) is 5.75 Å². The van der Waals surface area contributed by atoms with Crippen LogP contribution in [0.3, 0.4) is 0 Å². The van der Waals surface area contributed by atoms with Gasteiger partial charge in [0, 0.05) is 31.7 Å². The Balaban J connectivity index is 1.66. The second kappa shape index (κ2) is 9.69. The number of nitrogens with zero attached hydrogens (tertiary/aromatic N) is 2. The van der Waals surface area contributed by atoms with Crippen molar-refractivity contribution in [3.05, 3.63) is 54.1 Å². The molecule has 0 aliphatic carbocycles. The Bertz CT molecular complexity index is 1030. The van der Waals surface area contributed by atoms with E-state index in [1.54, 1.807) is 41.0 Å². The predicted molar refractivity (Wildman–Crippen MR) is 115 cm³/mol. The van der Waals surface area contributed by atoms with E-state index < -0.39 is 10.0 Å². The van der Waals surface area contributed by atoms with Crippen LogP contribution in [-0.2, 0) is 14.8 Å². The van der Waals surface area contributed by atoms with Crippen LogP contribution in [0.4, 0.5) is 10.5 Å². The Labute approximate surface area is 181 Å². The van der Waals surface area contributed by atoms with E-state index in [1.807, 2.05) is 0 Å². The van der Waals surface area contributed by atoms with Crippen LogP contribution in [0.5, 0.6) is 5.75 Å². The first-order valence-electron chi connectivity index (χ1n) is 9.82. The number of nitrogens with one attached hydrogen (secondary N) is 1. The molecule has 1 saturated heterocycles. The van der Waals surface area contributed by atoms with Crippen LogP contribution < -0.4 is 9.46 Å². The van der Waals surface area contributed by atoms with Gasteiger partial charge in [0.15, 0.2) is 0 Å². The molecule has 0 radical (unpaired) electrons. The molecule has 0 saturated carbocycles. The van der Waals surface area contributed by atoms with E-state index in [0.29, 0.717) is 49.8 Å². The highest BCUT2D eigenvalue weighted by atomic mass is 32.2. The van der Waals surface area contributed by atoms with Crippen molar-refractivity contribution in [2.75, 3.05) is 44.6 Å². The van der Waals surface area contributed by atoms with Crippen molar-refractivity contribution in [1.82, 2.24) is 9.80 Å². The number of sulfonamides is 1. The van der Waals surface area contributed by atoms with Gasteiger partial charge in [-0.05, 0) is 43.3 Å². The van der Waals surface area contributed by atoms with Gasteiger partial charge in [-0.15, -0.1) is 0 Å². The summed E-state index contributed by atoms with van der Waals surface area (Å²) in [6, 6.07) is 12.4. The molecule has 2 aromatic rings. The molecule has 2 amide bonds.